The quantitative estimate of drug-likeness (QED) is 0.647. The third kappa shape index (κ3) is 3.18. The van der Waals surface area contributed by atoms with E-state index in [1.165, 1.54) is 22.5 Å². The van der Waals surface area contributed by atoms with Gasteiger partial charge in [0.1, 0.15) is 5.69 Å². The first-order valence-corrected chi connectivity index (χ1v) is 10.3. The van der Waals surface area contributed by atoms with E-state index in [1.54, 1.807) is 0 Å². The smallest absolute Gasteiger partial charge is 0.274 e. The van der Waals surface area contributed by atoms with Crippen molar-refractivity contribution < 1.29 is 9.59 Å². The van der Waals surface area contributed by atoms with Crippen molar-refractivity contribution in [2.75, 3.05) is 5.32 Å². The Morgan fingerprint density at radius 2 is 1.86 bits per heavy atom. The maximum Gasteiger partial charge on any atom is 0.274 e. The van der Waals surface area contributed by atoms with E-state index in [9.17, 15) is 9.59 Å². The van der Waals surface area contributed by atoms with Gasteiger partial charge < -0.3 is 4.98 Å². The number of fused-ring (bicyclic) bond motifs is 1. The Morgan fingerprint density at radius 3 is 2.61 bits per heavy atom. The molecule has 28 heavy (non-hydrogen) atoms. The van der Waals surface area contributed by atoms with Crippen LogP contribution in [0.4, 0.5) is 5.13 Å². The van der Waals surface area contributed by atoms with E-state index < -0.39 is 0 Å². The van der Waals surface area contributed by atoms with Crippen LogP contribution in [-0.2, 0) is 6.42 Å². The Balaban J connectivity index is 1.59. The summed E-state index contributed by atoms with van der Waals surface area (Å²) in [7, 11) is 0. The highest BCUT2D eigenvalue weighted by Gasteiger charge is 2.26. The largest absolute Gasteiger partial charge is 0.354 e. The maximum absolute atomic E-state index is 12.8. The minimum absolute atomic E-state index is 0.121. The van der Waals surface area contributed by atoms with Crippen LogP contribution in [-0.4, -0.2) is 21.7 Å². The average molecular weight is 394 g/mol. The van der Waals surface area contributed by atoms with Gasteiger partial charge in [0.25, 0.3) is 5.91 Å². The van der Waals surface area contributed by atoms with Crippen molar-refractivity contribution in [2.45, 2.75) is 47.0 Å². The number of amides is 1. The van der Waals surface area contributed by atoms with Gasteiger partial charge in [0, 0.05) is 28.6 Å². The van der Waals surface area contributed by atoms with Gasteiger partial charge in [-0.1, -0.05) is 6.07 Å². The molecule has 1 amide bonds. The number of aromatic nitrogens is 2. The van der Waals surface area contributed by atoms with Crippen molar-refractivity contribution in [1.82, 2.24) is 9.97 Å². The van der Waals surface area contributed by atoms with E-state index in [0.29, 0.717) is 22.8 Å². The fourth-order valence-electron chi connectivity index (χ4n) is 3.85. The Morgan fingerprint density at radius 1 is 1.11 bits per heavy atom. The molecule has 4 rings (SSSR count). The molecule has 3 aromatic rings. The monoisotopic (exact) mass is 393 g/mol. The maximum atomic E-state index is 12.8. The van der Waals surface area contributed by atoms with Gasteiger partial charge >= 0.3 is 0 Å². The molecular formula is C22H23N3O2S. The van der Waals surface area contributed by atoms with E-state index in [4.69, 9.17) is 0 Å². The molecule has 0 bridgehead atoms. The number of H-pyrrole nitrogens is 1. The zero-order valence-corrected chi connectivity index (χ0v) is 17.3. The third-order valence-electron chi connectivity index (χ3n) is 5.51. The van der Waals surface area contributed by atoms with Crippen LogP contribution in [0.1, 0.15) is 61.6 Å². The number of nitrogens with one attached hydrogen (secondary N) is 2. The molecule has 5 nitrogen and oxygen atoms in total. The summed E-state index contributed by atoms with van der Waals surface area (Å²) in [6.07, 6.45) is 2.19. The van der Waals surface area contributed by atoms with Gasteiger partial charge in [0.15, 0.2) is 10.9 Å². The standard InChI is InChI=1S/C22H23N3O2S/c1-11-8-13(3)15(9-12(11)2)17-10-28-22(24-17)25-21(27)20-14(4)19-16(23-20)6-5-7-18(19)26/h8-10,23H,5-7H2,1-4H3,(H,24,25,27). The van der Waals surface area contributed by atoms with Crippen LogP contribution in [0, 0.1) is 27.7 Å². The normalized spacial score (nSPS) is 13.5. The summed E-state index contributed by atoms with van der Waals surface area (Å²) < 4.78 is 0. The summed E-state index contributed by atoms with van der Waals surface area (Å²) in [4.78, 5) is 32.7. The molecule has 2 N–H and O–H groups in total. The molecule has 2 aromatic heterocycles. The molecule has 0 fully saturated rings. The number of carbonyl (C=O) groups excluding carboxylic acids is 2. The summed E-state index contributed by atoms with van der Waals surface area (Å²) in [5, 5.41) is 5.40. The number of Topliss-reactive ketones (excluding diaryl/α,β-unsaturated/α-hetero) is 1. The summed E-state index contributed by atoms with van der Waals surface area (Å²) in [6, 6.07) is 4.30. The number of benzene rings is 1. The number of rotatable bonds is 3. The lowest BCUT2D eigenvalue weighted by molar-refractivity contribution is 0.0971. The topological polar surface area (TPSA) is 74.8 Å². The lowest BCUT2D eigenvalue weighted by Gasteiger charge is -2.09. The number of aromatic amines is 1. The van der Waals surface area contributed by atoms with Crippen LogP contribution in [0.2, 0.25) is 0 Å². The Labute approximate surface area is 168 Å². The highest BCUT2D eigenvalue weighted by molar-refractivity contribution is 7.14. The van der Waals surface area contributed by atoms with Gasteiger partial charge in [-0.05, 0) is 68.9 Å². The van der Waals surface area contributed by atoms with Crippen LogP contribution in [0.15, 0.2) is 17.5 Å². The Bertz CT molecular complexity index is 1110. The molecule has 6 heteroatoms. The number of thiazole rings is 1. The van der Waals surface area contributed by atoms with Crippen LogP contribution in [0.25, 0.3) is 11.3 Å². The predicted octanol–water partition coefficient (Wildman–Crippen LogP) is 5.14. The fourth-order valence-corrected chi connectivity index (χ4v) is 4.56. The van der Waals surface area contributed by atoms with E-state index >= 15 is 0 Å². The lowest BCUT2D eigenvalue weighted by atomic mass is 9.94. The fraction of sp³-hybridized carbons (Fsp3) is 0.318. The number of hydrogen-bond donors (Lipinski definition) is 2. The van der Waals surface area contributed by atoms with Crippen molar-refractivity contribution in [1.29, 1.82) is 0 Å². The van der Waals surface area contributed by atoms with Crippen LogP contribution in [0.5, 0.6) is 0 Å². The number of nitrogens with zero attached hydrogens (tertiary/aromatic N) is 1. The minimum atomic E-state index is -0.252. The number of hydrogen-bond acceptors (Lipinski definition) is 4. The SMILES string of the molecule is Cc1cc(C)c(-c2csc(NC(=O)c3[nH]c4c(c3C)C(=O)CCC4)n2)cc1C. The zero-order chi connectivity index (χ0) is 20.0. The molecule has 0 saturated carbocycles. The first-order valence-electron chi connectivity index (χ1n) is 9.45. The predicted molar refractivity (Wildman–Crippen MR) is 113 cm³/mol. The van der Waals surface area contributed by atoms with Gasteiger partial charge in [-0.3, -0.25) is 14.9 Å². The second-order valence-electron chi connectivity index (χ2n) is 7.50. The molecule has 0 radical (unpaired) electrons. The molecule has 0 unspecified atom stereocenters. The van der Waals surface area contributed by atoms with Crippen LogP contribution in [0.3, 0.4) is 0 Å². The van der Waals surface area contributed by atoms with Crippen LogP contribution >= 0.6 is 11.3 Å². The first kappa shape index (κ1) is 18.6. The molecule has 1 aliphatic carbocycles. The highest BCUT2D eigenvalue weighted by Crippen LogP contribution is 2.31. The molecule has 0 spiro atoms. The van der Waals surface area contributed by atoms with Crippen molar-refractivity contribution in [2.24, 2.45) is 0 Å². The number of anilines is 1. The molecule has 0 atom stereocenters. The second kappa shape index (κ2) is 7.02. The molecule has 0 saturated heterocycles. The minimum Gasteiger partial charge on any atom is -0.354 e. The van der Waals surface area contributed by atoms with Crippen LogP contribution < -0.4 is 5.32 Å². The highest BCUT2D eigenvalue weighted by atomic mass is 32.1. The molecule has 0 aliphatic heterocycles. The van der Waals surface area contributed by atoms with Gasteiger partial charge in [0.05, 0.1) is 5.69 Å². The van der Waals surface area contributed by atoms with Crippen molar-refractivity contribution in [3.63, 3.8) is 0 Å². The summed E-state index contributed by atoms with van der Waals surface area (Å²) in [5.41, 5.74) is 8.35. The van der Waals surface area contributed by atoms with Crippen molar-refractivity contribution >= 4 is 28.2 Å². The summed E-state index contributed by atoms with van der Waals surface area (Å²) in [5.74, 6) is -0.131. The van der Waals surface area contributed by atoms with Gasteiger partial charge in [-0.15, -0.1) is 11.3 Å². The second-order valence-corrected chi connectivity index (χ2v) is 8.36. The average Bonchev–Trinajstić information content (AvgIpc) is 3.23. The summed E-state index contributed by atoms with van der Waals surface area (Å²) in [6.45, 7) is 8.09. The molecule has 1 aromatic carbocycles. The van der Waals surface area contributed by atoms with Crippen molar-refractivity contribution in [3.8, 4) is 11.3 Å². The summed E-state index contributed by atoms with van der Waals surface area (Å²) >= 11 is 1.40. The molecule has 1 aliphatic rings. The van der Waals surface area contributed by atoms with Crippen molar-refractivity contribution in [3.05, 3.63) is 56.7 Å². The zero-order valence-electron chi connectivity index (χ0n) is 16.5. The Hall–Kier alpha value is -2.73. The number of aryl methyl sites for hydroxylation is 4. The molecule has 2 heterocycles. The number of carbonyl (C=O) groups is 2. The Kier molecular flexibility index (Phi) is 4.67. The third-order valence-corrected chi connectivity index (χ3v) is 6.26. The lowest BCUT2D eigenvalue weighted by Crippen LogP contribution is -2.13. The van der Waals surface area contributed by atoms with E-state index in [1.807, 2.05) is 12.3 Å². The molecular weight excluding hydrogens is 370 g/mol. The van der Waals surface area contributed by atoms with E-state index in [0.717, 1.165) is 40.9 Å². The first-order chi connectivity index (χ1) is 13.3. The van der Waals surface area contributed by atoms with E-state index in [2.05, 4.69) is 48.2 Å². The van der Waals surface area contributed by atoms with Gasteiger partial charge in [-0.25, -0.2) is 4.98 Å². The molecule has 144 valence electrons. The number of ketones is 1. The van der Waals surface area contributed by atoms with Gasteiger partial charge in [-0.2, -0.15) is 0 Å². The van der Waals surface area contributed by atoms with E-state index in [-0.39, 0.29) is 11.7 Å². The van der Waals surface area contributed by atoms with Gasteiger partial charge in [0.2, 0.25) is 0 Å².